The average Bonchev–Trinajstić information content (AvgIpc) is 3.31. The molecule has 2 aliphatic rings. The van der Waals surface area contributed by atoms with E-state index in [2.05, 4.69) is 10.3 Å². The molecule has 0 spiro atoms. The highest BCUT2D eigenvalue weighted by atomic mass is 19.1. The molecule has 3 heterocycles. The van der Waals surface area contributed by atoms with Gasteiger partial charge in [0.1, 0.15) is 11.6 Å². The van der Waals surface area contributed by atoms with E-state index in [0.717, 1.165) is 28.2 Å². The van der Waals surface area contributed by atoms with Crippen LogP contribution in [-0.2, 0) is 0 Å². The normalized spacial score (nSPS) is 18.4. The SMILES string of the molecule is O=C(N1CC(=Cc2ccc3oncc3c2)C1)N1N=CCC1c1cc(F)cc(F)c1. The molecular weight excluding hydrogens is 378 g/mol. The maximum Gasteiger partial charge on any atom is 0.341 e. The number of benzene rings is 2. The summed E-state index contributed by atoms with van der Waals surface area (Å²) in [7, 11) is 0. The van der Waals surface area contributed by atoms with Crippen LogP contribution in [0.4, 0.5) is 13.6 Å². The van der Waals surface area contributed by atoms with Crippen molar-refractivity contribution in [3.05, 3.63) is 70.9 Å². The van der Waals surface area contributed by atoms with Crippen molar-refractivity contribution in [2.75, 3.05) is 13.1 Å². The van der Waals surface area contributed by atoms with E-state index in [1.54, 1.807) is 17.3 Å². The van der Waals surface area contributed by atoms with Crippen molar-refractivity contribution in [2.45, 2.75) is 12.5 Å². The van der Waals surface area contributed by atoms with Gasteiger partial charge in [-0.15, -0.1) is 0 Å². The quantitative estimate of drug-likeness (QED) is 0.649. The summed E-state index contributed by atoms with van der Waals surface area (Å²) in [6.45, 7) is 0.966. The first-order valence-electron chi connectivity index (χ1n) is 9.17. The molecule has 1 unspecified atom stereocenters. The van der Waals surface area contributed by atoms with Gasteiger partial charge in [-0.2, -0.15) is 5.10 Å². The molecule has 29 heavy (non-hydrogen) atoms. The summed E-state index contributed by atoms with van der Waals surface area (Å²) < 4.78 is 32.2. The minimum atomic E-state index is -0.668. The third kappa shape index (κ3) is 3.26. The van der Waals surface area contributed by atoms with Crippen molar-refractivity contribution >= 4 is 29.3 Å². The first-order chi connectivity index (χ1) is 14.1. The number of carbonyl (C=O) groups is 1. The second kappa shape index (κ2) is 6.80. The largest absolute Gasteiger partial charge is 0.356 e. The lowest BCUT2D eigenvalue weighted by atomic mass is 10.0. The summed E-state index contributed by atoms with van der Waals surface area (Å²) >= 11 is 0. The fourth-order valence-electron chi connectivity index (χ4n) is 3.67. The Hall–Kier alpha value is -3.55. The van der Waals surface area contributed by atoms with Crippen LogP contribution < -0.4 is 0 Å². The van der Waals surface area contributed by atoms with Gasteiger partial charge in [0.15, 0.2) is 5.58 Å². The van der Waals surface area contributed by atoms with E-state index in [9.17, 15) is 13.6 Å². The number of hydrogen-bond acceptors (Lipinski definition) is 4. The van der Waals surface area contributed by atoms with Crippen LogP contribution in [-0.4, -0.2) is 40.4 Å². The van der Waals surface area contributed by atoms with Gasteiger partial charge < -0.3 is 9.42 Å². The van der Waals surface area contributed by atoms with E-state index in [1.807, 2.05) is 24.3 Å². The van der Waals surface area contributed by atoms with Crippen LogP contribution in [0.5, 0.6) is 0 Å². The Morgan fingerprint density at radius 3 is 2.72 bits per heavy atom. The Morgan fingerprint density at radius 2 is 1.93 bits per heavy atom. The number of hydrazone groups is 1. The second-order valence-electron chi connectivity index (χ2n) is 7.16. The Bertz CT molecular complexity index is 1140. The Labute approximate surface area is 164 Å². The first kappa shape index (κ1) is 17.5. The number of urea groups is 1. The lowest BCUT2D eigenvalue weighted by molar-refractivity contribution is 0.136. The molecule has 0 bridgehead atoms. The molecule has 2 aliphatic heterocycles. The topological polar surface area (TPSA) is 61.9 Å². The summed E-state index contributed by atoms with van der Waals surface area (Å²) in [6, 6.07) is 8.28. The number of halogens is 2. The molecule has 1 saturated heterocycles. The van der Waals surface area contributed by atoms with E-state index in [1.165, 1.54) is 17.1 Å². The monoisotopic (exact) mass is 394 g/mol. The van der Waals surface area contributed by atoms with Crippen LogP contribution in [0.25, 0.3) is 17.0 Å². The van der Waals surface area contributed by atoms with Crippen molar-refractivity contribution in [1.82, 2.24) is 15.1 Å². The highest BCUT2D eigenvalue weighted by Gasteiger charge is 2.35. The molecule has 0 saturated carbocycles. The van der Waals surface area contributed by atoms with Crippen molar-refractivity contribution in [3.63, 3.8) is 0 Å². The molecule has 0 N–H and O–H groups in total. The maximum atomic E-state index is 13.6. The summed E-state index contributed by atoms with van der Waals surface area (Å²) in [4.78, 5) is 14.5. The van der Waals surface area contributed by atoms with Gasteiger partial charge in [0, 0.05) is 37.2 Å². The molecule has 0 aliphatic carbocycles. The zero-order valence-corrected chi connectivity index (χ0v) is 15.3. The number of aromatic nitrogens is 1. The average molecular weight is 394 g/mol. The summed E-state index contributed by atoms with van der Waals surface area (Å²) in [5.41, 5.74) is 3.23. The zero-order chi connectivity index (χ0) is 20.0. The summed E-state index contributed by atoms with van der Waals surface area (Å²) in [6.07, 6.45) is 5.71. The van der Waals surface area contributed by atoms with Crippen LogP contribution in [0, 0.1) is 11.6 Å². The Kier molecular flexibility index (Phi) is 4.12. The van der Waals surface area contributed by atoms with E-state index in [-0.39, 0.29) is 6.03 Å². The minimum Gasteiger partial charge on any atom is -0.356 e. The Balaban J connectivity index is 1.28. The molecule has 6 nitrogen and oxygen atoms in total. The van der Waals surface area contributed by atoms with Crippen molar-refractivity contribution in [3.8, 4) is 0 Å². The number of likely N-dealkylation sites (tertiary alicyclic amines) is 1. The minimum absolute atomic E-state index is 0.278. The summed E-state index contributed by atoms with van der Waals surface area (Å²) in [5.74, 6) is -1.34. The van der Waals surface area contributed by atoms with Gasteiger partial charge in [0.2, 0.25) is 0 Å². The van der Waals surface area contributed by atoms with Gasteiger partial charge in [-0.25, -0.2) is 18.6 Å². The molecular formula is C21H16F2N4O2. The molecule has 5 rings (SSSR count). The fourth-order valence-corrected chi connectivity index (χ4v) is 3.67. The molecule has 3 aromatic rings. The zero-order valence-electron chi connectivity index (χ0n) is 15.3. The molecule has 1 atom stereocenters. The van der Waals surface area contributed by atoms with Crippen LogP contribution in [0.1, 0.15) is 23.6 Å². The van der Waals surface area contributed by atoms with Gasteiger partial charge in [-0.05, 0) is 41.0 Å². The number of rotatable bonds is 2. The number of amides is 2. The third-order valence-electron chi connectivity index (χ3n) is 5.10. The molecule has 1 fully saturated rings. The van der Waals surface area contributed by atoms with Crippen LogP contribution in [0.15, 0.2) is 57.8 Å². The number of nitrogens with zero attached hydrogens (tertiary/aromatic N) is 4. The van der Waals surface area contributed by atoms with Crippen molar-refractivity contribution < 1.29 is 18.1 Å². The number of fused-ring (bicyclic) bond motifs is 1. The predicted molar refractivity (Wildman–Crippen MR) is 103 cm³/mol. The number of carbonyl (C=O) groups excluding carboxylic acids is 1. The molecule has 146 valence electrons. The second-order valence-corrected chi connectivity index (χ2v) is 7.16. The smallest absolute Gasteiger partial charge is 0.341 e. The van der Waals surface area contributed by atoms with E-state index in [0.29, 0.717) is 25.1 Å². The first-order valence-corrected chi connectivity index (χ1v) is 9.17. The fraction of sp³-hybridized carbons (Fsp3) is 0.190. The molecule has 1 aromatic heterocycles. The van der Waals surface area contributed by atoms with Crippen LogP contribution in [0.2, 0.25) is 0 Å². The molecule has 2 aromatic carbocycles. The maximum absolute atomic E-state index is 13.6. The lowest BCUT2D eigenvalue weighted by Gasteiger charge is -2.37. The van der Waals surface area contributed by atoms with Gasteiger partial charge >= 0.3 is 6.03 Å². The van der Waals surface area contributed by atoms with Gasteiger partial charge in [-0.3, -0.25) is 0 Å². The lowest BCUT2D eigenvalue weighted by Crippen LogP contribution is -2.49. The van der Waals surface area contributed by atoms with E-state index in [4.69, 9.17) is 4.52 Å². The predicted octanol–water partition coefficient (Wildman–Crippen LogP) is 4.36. The molecule has 2 amide bonds. The van der Waals surface area contributed by atoms with Gasteiger partial charge in [-0.1, -0.05) is 17.3 Å². The van der Waals surface area contributed by atoms with Gasteiger partial charge in [0.25, 0.3) is 0 Å². The Morgan fingerprint density at radius 1 is 1.14 bits per heavy atom. The van der Waals surface area contributed by atoms with Gasteiger partial charge in [0.05, 0.1) is 12.2 Å². The van der Waals surface area contributed by atoms with Crippen molar-refractivity contribution in [2.24, 2.45) is 5.10 Å². The van der Waals surface area contributed by atoms with E-state index < -0.39 is 17.7 Å². The molecule has 8 heteroatoms. The highest BCUT2D eigenvalue weighted by molar-refractivity contribution is 5.82. The summed E-state index contributed by atoms with van der Waals surface area (Å²) in [5, 5.41) is 10.1. The van der Waals surface area contributed by atoms with Crippen molar-refractivity contribution in [1.29, 1.82) is 0 Å². The van der Waals surface area contributed by atoms with E-state index >= 15 is 0 Å². The van der Waals surface area contributed by atoms with Crippen LogP contribution in [0.3, 0.4) is 0 Å². The highest BCUT2D eigenvalue weighted by Crippen LogP contribution is 2.32. The number of hydrogen-bond donors (Lipinski definition) is 0. The third-order valence-corrected chi connectivity index (χ3v) is 5.10. The molecule has 0 radical (unpaired) electrons. The standard InChI is InChI=1S/C21H16F2N4O2/c22-17-7-15(8-18(23)9-17)19-3-4-24-27(19)21(28)26-11-14(12-26)5-13-1-2-20-16(6-13)10-25-29-20/h1-2,4-10,19H,3,11-12H2. The van der Waals surface area contributed by atoms with Crippen LogP contribution >= 0.6 is 0 Å².